The third-order valence-electron chi connectivity index (χ3n) is 5.41. The Morgan fingerprint density at radius 3 is 2.65 bits per heavy atom. The molecule has 2 heterocycles. The SMILES string of the molecule is CCNC(=NCc1cccc(S(=O)(=O)NC)c1)NCC(c1ccco1)N1CCCCC1. The van der Waals surface area contributed by atoms with Gasteiger partial charge in [0.25, 0.3) is 0 Å². The Kier molecular flexibility index (Phi) is 8.51. The van der Waals surface area contributed by atoms with Gasteiger partial charge in [0.15, 0.2) is 5.96 Å². The van der Waals surface area contributed by atoms with Crippen LogP contribution in [0.3, 0.4) is 0 Å². The maximum absolute atomic E-state index is 12.0. The molecule has 0 aliphatic carbocycles. The van der Waals surface area contributed by atoms with Crippen molar-refractivity contribution in [3.8, 4) is 0 Å². The van der Waals surface area contributed by atoms with Gasteiger partial charge in [-0.25, -0.2) is 18.1 Å². The van der Waals surface area contributed by atoms with E-state index in [4.69, 9.17) is 4.42 Å². The molecule has 0 bridgehead atoms. The first-order valence-electron chi connectivity index (χ1n) is 10.9. The van der Waals surface area contributed by atoms with Crippen LogP contribution in [-0.2, 0) is 16.6 Å². The van der Waals surface area contributed by atoms with Crippen molar-refractivity contribution in [2.45, 2.75) is 43.7 Å². The highest BCUT2D eigenvalue weighted by molar-refractivity contribution is 7.89. The zero-order valence-electron chi connectivity index (χ0n) is 18.3. The molecule has 170 valence electrons. The van der Waals surface area contributed by atoms with Gasteiger partial charge in [-0.3, -0.25) is 4.90 Å². The van der Waals surface area contributed by atoms with Crippen molar-refractivity contribution in [2.75, 3.05) is 33.2 Å². The summed E-state index contributed by atoms with van der Waals surface area (Å²) >= 11 is 0. The molecule has 8 nitrogen and oxygen atoms in total. The second-order valence-corrected chi connectivity index (χ2v) is 9.45. The van der Waals surface area contributed by atoms with Crippen LogP contribution in [0.5, 0.6) is 0 Å². The second kappa shape index (κ2) is 11.3. The number of benzene rings is 1. The first-order chi connectivity index (χ1) is 15.0. The number of rotatable bonds is 9. The number of furan rings is 1. The Bertz CT molecular complexity index is 938. The Morgan fingerprint density at radius 1 is 1.16 bits per heavy atom. The van der Waals surface area contributed by atoms with E-state index in [-0.39, 0.29) is 10.9 Å². The molecule has 1 fully saturated rings. The van der Waals surface area contributed by atoms with Crippen LogP contribution in [0.15, 0.2) is 57.0 Å². The topological polar surface area (TPSA) is 99.0 Å². The van der Waals surface area contributed by atoms with Gasteiger partial charge >= 0.3 is 0 Å². The van der Waals surface area contributed by atoms with E-state index in [1.54, 1.807) is 24.5 Å². The minimum absolute atomic E-state index is 0.142. The minimum Gasteiger partial charge on any atom is -0.468 e. The van der Waals surface area contributed by atoms with Crippen LogP contribution in [0.2, 0.25) is 0 Å². The minimum atomic E-state index is -3.47. The van der Waals surface area contributed by atoms with Gasteiger partial charge in [0.1, 0.15) is 5.76 Å². The molecule has 1 saturated heterocycles. The van der Waals surface area contributed by atoms with Crippen LogP contribution in [-0.4, -0.2) is 52.5 Å². The molecule has 1 aromatic heterocycles. The molecule has 1 atom stereocenters. The number of hydrogen-bond donors (Lipinski definition) is 3. The molecule has 31 heavy (non-hydrogen) atoms. The van der Waals surface area contributed by atoms with Gasteiger partial charge in [0, 0.05) is 13.1 Å². The van der Waals surface area contributed by atoms with Crippen LogP contribution in [0.1, 0.15) is 43.6 Å². The van der Waals surface area contributed by atoms with Gasteiger partial charge in [0.2, 0.25) is 10.0 Å². The van der Waals surface area contributed by atoms with E-state index >= 15 is 0 Å². The van der Waals surface area contributed by atoms with Crippen molar-refractivity contribution in [3.05, 3.63) is 54.0 Å². The quantitative estimate of drug-likeness (QED) is 0.403. The summed E-state index contributed by atoms with van der Waals surface area (Å²) in [5.74, 6) is 1.65. The molecule has 2 aromatic rings. The molecule has 0 saturated carbocycles. The lowest BCUT2D eigenvalue weighted by Crippen LogP contribution is -2.44. The first kappa shape index (κ1) is 23.3. The number of likely N-dealkylation sites (tertiary alicyclic amines) is 1. The zero-order chi connectivity index (χ0) is 22.1. The van der Waals surface area contributed by atoms with E-state index in [1.807, 2.05) is 25.1 Å². The van der Waals surface area contributed by atoms with Crippen molar-refractivity contribution in [1.29, 1.82) is 0 Å². The van der Waals surface area contributed by atoms with Crippen molar-refractivity contribution < 1.29 is 12.8 Å². The molecule has 1 aliphatic rings. The summed E-state index contributed by atoms with van der Waals surface area (Å²) < 4.78 is 32.2. The third kappa shape index (κ3) is 6.56. The fourth-order valence-corrected chi connectivity index (χ4v) is 4.55. The Labute approximate surface area is 185 Å². The molecule has 1 aromatic carbocycles. The fourth-order valence-electron chi connectivity index (χ4n) is 3.75. The van der Waals surface area contributed by atoms with Crippen LogP contribution in [0.25, 0.3) is 0 Å². The smallest absolute Gasteiger partial charge is 0.240 e. The maximum Gasteiger partial charge on any atom is 0.240 e. The zero-order valence-corrected chi connectivity index (χ0v) is 19.1. The normalized spacial score (nSPS) is 16.8. The van der Waals surface area contributed by atoms with Gasteiger partial charge in [0.05, 0.1) is 23.7 Å². The van der Waals surface area contributed by atoms with E-state index in [2.05, 4.69) is 25.2 Å². The van der Waals surface area contributed by atoms with Gasteiger partial charge in [-0.1, -0.05) is 18.6 Å². The third-order valence-corrected chi connectivity index (χ3v) is 6.82. The molecular formula is C22H33N5O3S. The number of nitrogens with one attached hydrogen (secondary N) is 3. The summed E-state index contributed by atoms with van der Waals surface area (Å²) in [5, 5.41) is 6.71. The largest absolute Gasteiger partial charge is 0.468 e. The highest BCUT2D eigenvalue weighted by atomic mass is 32.2. The highest BCUT2D eigenvalue weighted by Crippen LogP contribution is 2.24. The summed E-state index contributed by atoms with van der Waals surface area (Å²) in [7, 11) is -2.07. The highest BCUT2D eigenvalue weighted by Gasteiger charge is 2.24. The number of aliphatic imine (C=N–C) groups is 1. The van der Waals surface area contributed by atoms with Crippen molar-refractivity contribution in [1.82, 2.24) is 20.3 Å². The number of guanidine groups is 1. The first-order valence-corrected chi connectivity index (χ1v) is 12.3. The summed E-state index contributed by atoms with van der Waals surface area (Å²) in [4.78, 5) is 7.36. The molecule has 0 spiro atoms. The Hall–Kier alpha value is -2.36. The van der Waals surface area contributed by atoms with Crippen LogP contribution >= 0.6 is 0 Å². The molecule has 3 rings (SSSR count). The number of nitrogens with zero attached hydrogens (tertiary/aromatic N) is 2. The molecular weight excluding hydrogens is 414 g/mol. The van der Waals surface area contributed by atoms with Gasteiger partial charge in [-0.2, -0.15) is 0 Å². The van der Waals surface area contributed by atoms with Gasteiger partial charge in [-0.15, -0.1) is 0 Å². The lowest BCUT2D eigenvalue weighted by Gasteiger charge is -2.33. The van der Waals surface area contributed by atoms with E-state index in [0.29, 0.717) is 19.0 Å². The predicted octanol–water partition coefficient (Wildman–Crippen LogP) is 2.47. The van der Waals surface area contributed by atoms with Gasteiger partial charge in [-0.05, 0) is 69.7 Å². The molecule has 0 amide bonds. The summed E-state index contributed by atoms with van der Waals surface area (Å²) in [5.41, 5.74) is 0.826. The number of hydrogen-bond acceptors (Lipinski definition) is 5. The lowest BCUT2D eigenvalue weighted by atomic mass is 10.1. The summed E-state index contributed by atoms with van der Waals surface area (Å²) in [6, 6.07) is 10.9. The Morgan fingerprint density at radius 2 is 1.97 bits per heavy atom. The Balaban J connectivity index is 1.69. The molecule has 1 aliphatic heterocycles. The fraction of sp³-hybridized carbons (Fsp3) is 0.500. The average molecular weight is 448 g/mol. The number of sulfonamides is 1. The molecule has 0 radical (unpaired) electrons. The van der Waals surface area contributed by atoms with E-state index in [1.165, 1.54) is 26.3 Å². The lowest BCUT2D eigenvalue weighted by molar-refractivity contribution is 0.146. The molecule has 3 N–H and O–H groups in total. The number of piperidine rings is 1. The van der Waals surface area contributed by atoms with Crippen LogP contribution in [0, 0.1) is 0 Å². The maximum atomic E-state index is 12.0. The summed E-state index contributed by atoms with van der Waals surface area (Å²) in [6.07, 6.45) is 5.41. The standard InChI is InChI=1S/C22H33N5O3S/c1-3-24-22(25-16-18-9-7-10-19(15-18)31(28,29)23-2)26-17-20(21-11-8-14-30-21)27-12-5-4-6-13-27/h7-11,14-15,20,23H,3-6,12-13,16-17H2,1-2H3,(H2,24,25,26). The van der Waals surface area contributed by atoms with E-state index in [9.17, 15) is 8.42 Å². The summed E-state index contributed by atoms with van der Waals surface area (Å²) in [6.45, 7) is 5.92. The molecule has 9 heteroatoms. The second-order valence-electron chi connectivity index (χ2n) is 7.56. The van der Waals surface area contributed by atoms with Crippen molar-refractivity contribution >= 4 is 16.0 Å². The van der Waals surface area contributed by atoms with Crippen LogP contribution < -0.4 is 15.4 Å². The average Bonchev–Trinajstić information content (AvgIpc) is 3.33. The molecule has 1 unspecified atom stereocenters. The van der Waals surface area contributed by atoms with Crippen molar-refractivity contribution in [3.63, 3.8) is 0 Å². The van der Waals surface area contributed by atoms with Crippen LogP contribution in [0.4, 0.5) is 0 Å². The van der Waals surface area contributed by atoms with Crippen molar-refractivity contribution in [2.24, 2.45) is 4.99 Å². The van der Waals surface area contributed by atoms with E-state index in [0.717, 1.165) is 31.0 Å². The monoisotopic (exact) mass is 447 g/mol. The van der Waals surface area contributed by atoms with Gasteiger partial charge < -0.3 is 15.1 Å². The predicted molar refractivity (Wildman–Crippen MR) is 122 cm³/mol. The van der Waals surface area contributed by atoms with E-state index < -0.39 is 10.0 Å².